The van der Waals surface area contributed by atoms with E-state index in [0.29, 0.717) is 28.0 Å². The molecule has 8 heteroatoms. The minimum atomic E-state index is -0.0711. The fourth-order valence-electron chi connectivity index (χ4n) is 2.07. The molecule has 3 aromatic rings. The van der Waals surface area contributed by atoms with Gasteiger partial charge in [0.2, 0.25) is 5.16 Å². The number of benzene rings is 1. The number of nitrogens with one attached hydrogen (secondary N) is 1. The van der Waals surface area contributed by atoms with Crippen molar-refractivity contribution in [3.05, 3.63) is 41.3 Å². The standard InChI is InChI=1S/C16H15N3O3S2/c1-21-10-5-6-13(22-2)11(8-10)12(20)9-24-16-17-15(18-19-16)14-4-3-7-23-14/h3-8H,9H2,1-2H3,(H,17,18,19). The Balaban J connectivity index is 1.70. The van der Waals surface area contributed by atoms with Crippen molar-refractivity contribution in [2.24, 2.45) is 0 Å². The number of carbonyl (C=O) groups excluding carboxylic acids is 1. The van der Waals surface area contributed by atoms with E-state index in [1.54, 1.807) is 36.6 Å². The number of ether oxygens (including phenoxy) is 2. The second kappa shape index (κ2) is 7.50. The van der Waals surface area contributed by atoms with Crippen LogP contribution in [0.1, 0.15) is 10.4 Å². The van der Waals surface area contributed by atoms with Crippen LogP contribution < -0.4 is 9.47 Å². The predicted octanol–water partition coefficient (Wildman–Crippen LogP) is 3.53. The van der Waals surface area contributed by atoms with E-state index < -0.39 is 0 Å². The number of methoxy groups -OCH3 is 2. The first kappa shape index (κ1) is 16.5. The molecule has 0 radical (unpaired) electrons. The van der Waals surface area contributed by atoms with E-state index in [2.05, 4.69) is 15.2 Å². The molecular weight excluding hydrogens is 346 g/mol. The number of thiophene rings is 1. The van der Waals surface area contributed by atoms with Crippen LogP contribution >= 0.6 is 23.1 Å². The summed E-state index contributed by atoms with van der Waals surface area (Å²) in [5, 5.41) is 9.54. The SMILES string of the molecule is COc1ccc(OC)c(C(=O)CSc2n[nH]c(-c3cccs3)n2)c1. The summed E-state index contributed by atoms with van der Waals surface area (Å²) >= 11 is 2.86. The van der Waals surface area contributed by atoms with Gasteiger partial charge in [-0.05, 0) is 29.6 Å². The molecule has 3 rings (SSSR count). The lowest BCUT2D eigenvalue weighted by Gasteiger charge is -2.09. The molecule has 24 heavy (non-hydrogen) atoms. The molecule has 1 N–H and O–H groups in total. The van der Waals surface area contributed by atoms with Gasteiger partial charge in [0, 0.05) is 0 Å². The molecule has 0 aliphatic heterocycles. The van der Waals surface area contributed by atoms with Crippen molar-refractivity contribution in [1.82, 2.24) is 15.2 Å². The van der Waals surface area contributed by atoms with E-state index in [1.165, 1.54) is 18.9 Å². The van der Waals surface area contributed by atoms with Gasteiger partial charge in [0.05, 0.1) is 30.4 Å². The fourth-order valence-corrected chi connectivity index (χ4v) is 3.42. The molecule has 0 spiro atoms. The van der Waals surface area contributed by atoms with Crippen molar-refractivity contribution >= 4 is 28.9 Å². The predicted molar refractivity (Wildman–Crippen MR) is 94.3 cm³/mol. The second-order valence-corrected chi connectivity index (χ2v) is 6.61. The average Bonchev–Trinajstić information content (AvgIpc) is 3.30. The number of carbonyl (C=O) groups is 1. The zero-order valence-corrected chi connectivity index (χ0v) is 14.7. The van der Waals surface area contributed by atoms with Gasteiger partial charge in [-0.2, -0.15) is 0 Å². The summed E-state index contributed by atoms with van der Waals surface area (Å²) in [6, 6.07) is 9.07. The summed E-state index contributed by atoms with van der Waals surface area (Å²) in [7, 11) is 3.10. The largest absolute Gasteiger partial charge is 0.497 e. The number of Topliss-reactive ketones (excluding diaryl/α,β-unsaturated/α-hetero) is 1. The van der Waals surface area contributed by atoms with Gasteiger partial charge in [0.15, 0.2) is 11.6 Å². The molecule has 0 saturated carbocycles. The molecule has 0 atom stereocenters. The van der Waals surface area contributed by atoms with Crippen LogP contribution in [0.5, 0.6) is 11.5 Å². The second-order valence-electron chi connectivity index (χ2n) is 4.72. The molecule has 0 unspecified atom stereocenters. The Labute approximate surface area is 147 Å². The van der Waals surface area contributed by atoms with Crippen molar-refractivity contribution in [2.45, 2.75) is 5.16 Å². The zero-order chi connectivity index (χ0) is 16.9. The first-order valence-electron chi connectivity index (χ1n) is 7.05. The quantitative estimate of drug-likeness (QED) is 0.512. The minimum absolute atomic E-state index is 0.0711. The normalized spacial score (nSPS) is 10.6. The maximum atomic E-state index is 12.5. The number of ketones is 1. The van der Waals surface area contributed by atoms with Crippen LogP contribution in [0.2, 0.25) is 0 Å². The summed E-state index contributed by atoms with van der Waals surface area (Å²) < 4.78 is 10.4. The Kier molecular flexibility index (Phi) is 5.17. The first-order valence-corrected chi connectivity index (χ1v) is 8.92. The average molecular weight is 361 g/mol. The van der Waals surface area contributed by atoms with Crippen LogP contribution in [-0.2, 0) is 0 Å². The van der Waals surface area contributed by atoms with E-state index in [4.69, 9.17) is 9.47 Å². The number of hydrogen-bond donors (Lipinski definition) is 1. The Bertz CT molecular complexity index is 831. The number of nitrogens with zero attached hydrogens (tertiary/aromatic N) is 2. The van der Waals surface area contributed by atoms with Gasteiger partial charge < -0.3 is 9.47 Å². The van der Waals surface area contributed by atoms with Crippen LogP contribution in [0.25, 0.3) is 10.7 Å². The molecule has 2 aromatic heterocycles. The van der Waals surface area contributed by atoms with Crippen LogP contribution in [-0.4, -0.2) is 40.9 Å². The molecule has 0 fully saturated rings. The minimum Gasteiger partial charge on any atom is -0.497 e. The highest BCUT2D eigenvalue weighted by atomic mass is 32.2. The lowest BCUT2D eigenvalue weighted by atomic mass is 10.1. The number of aromatic nitrogens is 3. The third-order valence-corrected chi connectivity index (χ3v) is 4.98. The summed E-state index contributed by atoms with van der Waals surface area (Å²) in [6.07, 6.45) is 0. The monoisotopic (exact) mass is 361 g/mol. The summed E-state index contributed by atoms with van der Waals surface area (Å²) in [5.41, 5.74) is 0.485. The zero-order valence-electron chi connectivity index (χ0n) is 13.1. The van der Waals surface area contributed by atoms with Crippen molar-refractivity contribution < 1.29 is 14.3 Å². The molecular formula is C16H15N3O3S2. The van der Waals surface area contributed by atoms with Gasteiger partial charge in [-0.25, -0.2) is 4.98 Å². The summed E-state index contributed by atoms with van der Waals surface area (Å²) in [5.74, 6) is 1.99. The highest BCUT2D eigenvalue weighted by Gasteiger charge is 2.15. The van der Waals surface area contributed by atoms with Gasteiger partial charge in [0.25, 0.3) is 0 Å². The molecule has 2 heterocycles. The van der Waals surface area contributed by atoms with E-state index >= 15 is 0 Å². The lowest BCUT2D eigenvalue weighted by molar-refractivity contribution is 0.101. The Morgan fingerprint density at radius 1 is 1.29 bits per heavy atom. The number of hydrogen-bond acceptors (Lipinski definition) is 7. The van der Waals surface area contributed by atoms with Gasteiger partial charge in [-0.1, -0.05) is 17.8 Å². The first-order chi connectivity index (χ1) is 11.7. The van der Waals surface area contributed by atoms with E-state index in [9.17, 15) is 4.79 Å². The molecule has 124 valence electrons. The van der Waals surface area contributed by atoms with Crippen molar-refractivity contribution in [3.63, 3.8) is 0 Å². The molecule has 0 saturated heterocycles. The van der Waals surface area contributed by atoms with Gasteiger partial charge in [0.1, 0.15) is 11.5 Å². The fraction of sp³-hybridized carbons (Fsp3) is 0.188. The Morgan fingerprint density at radius 3 is 2.88 bits per heavy atom. The summed E-state index contributed by atoms with van der Waals surface area (Å²) in [4.78, 5) is 17.9. The number of rotatable bonds is 7. The number of aromatic amines is 1. The van der Waals surface area contributed by atoms with Crippen LogP contribution in [0.4, 0.5) is 0 Å². The van der Waals surface area contributed by atoms with Gasteiger partial charge in [-0.15, -0.1) is 16.4 Å². The van der Waals surface area contributed by atoms with Crippen LogP contribution in [0.3, 0.4) is 0 Å². The van der Waals surface area contributed by atoms with Gasteiger partial charge >= 0.3 is 0 Å². The lowest BCUT2D eigenvalue weighted by Crippen LogP contribution is -2.05. The maximum Gasteiger partial charge on any atom is 0.209 e. The highest BCUT2D eigenvalue weighted by molar-refractivity contribution is 7.99. The van der Waals surface area contributed by atoms with E-state index in [-0.39, 0.29) is 11.5 Å². The van der Waals surface area contributed by atoms with E-state index in [1.807, 2.05) is 17.5 Å². The molecule has 0 aliphatic carbocycles. The smallest absolute Gasteiger partial charge is 0.209 e. The maximum absolute atomic E-state index is 12.5. The molecule has 0 bridgehead atoms. The Hall–Kier alpha value is -2.32. The third-order valence-electron chi connectivity index (χ3n) is 3.26. The molecule has 6 nitrogen and oxygen atoms in total. The number of thioether (sulfide) groups is 1. The highest BCUT2D eigenvalue weighted by Crippen LogP contribution is 2.27. The van der Waals surface area contributed by atoms with Crippen molar-refractivity contribution in [3.8, 4) is 22.2 Å². The topological polar surface area (TPSA) is 77.1 Å². The van der Waals surface area contributed by atoms with Crippen molar-refractivity contribution in [2.75, 3.05) is 20.0 Å². The van der Waals surface area contributed by atoms with Crippen LogP contribution in [0.15, 0.2) is 40.9 Å². The van der Waals surface area contributed by atoms with Crippen LogP contribution in [0, 0.1) is 0 Å². The molecule has 1 aromatic carbocycles. The summed E-state index contributed by atoms with van der Waals surface area (Å²) in [6.45, 7) is 0. The van der Waals surface area contributed by atoms with Gasteiger partial charge in [-0.3, -0.25) is 9.89 Å². The Morgan fingerprint density at radius 2 is 2.17 bits per heavy atom. The third kappa shape index (κ3) is 3.60. The van der Waals surface area contributed by atoms with E-state index in [0.717, 1.165) is 4.88 Å². The number of H-pyrrole nitrogens is 1. The molecule has 0 aliphatic rings. The molecule has 0 amide bonds. The van der Waals surface area contributed by atoms with Crippen molar-refractivity contribution in [1.29, 1.82) is 0 Å².